The van der Waals surface area contributed by atoms with E-state index in [9.17, 15) is 4.79 Å². The first-order chi connectivity index (χ1) is 11.6. The molecule has 2 rings (SSSR count). The highest BCUT2D eigenvalue weighted by Crippen LogP contribution is 2.29. The molecule has 0 amide bonds. The van der Waals surface area contributed by atoms with E-state index in [4.69, 9.17) is 17.0 Å². The van der Waals surface area contributed by atoms with Crippen LogP contribution in [0.2, 0.25) is 0 Å². The molecule has 1 aliphatic rings. The molecule has 1 fully saturated rings. The number of nitrogens with one attached hydrogen (secondary N) is 2. The molecular formula is C17H27N3O2S2. The van der Waals surface area contributed by atoms with Gasteiger partial charge in [0.2, 0.25) is 0 Å². The number of piperidine rings is 1. The van der Waals surface area contributed by atoms with E-state index in [1.54, 1.807) is 11.3 Å². The minimum Gasteiger partial charge on any atom is -0.465 e. The molecule has 0 unspecified atom stereocenters. The molecule has 24 heavy (non-hydrogen) atoms. The smallest absolute Gasteiger partial charge is 0.340 e. The number of thiophene rings is 1. The summed E-state index contributed by atoms with van der Waals surface area (Å²) >= 11 is 7.00. The van der Waals surface area contributed by atoms with Crippen molar-refractivity contribution in [2.45, 2.75) is 45.6 Å². The van der Waals surface area contributed by atoms with Gasteiger partial charge in [-0.1, -0.05) is 13.8 Å². The highest BCUT2D eigenvalue weighted by molar-refractivity contribution is 7.80. The summed E-state index contributed by atoms with van der Waals surface area (Å²) in [6.45, 7) is 7.68. The summed E-state index contributed by atoms with van der Waals surface area (Å²) in [5, 5.41) is 7.92. The Hall–Kier alpha value is -1.18. The van der Waals surface area contributed by atoms with E-state index in [-0.39, 0.29) is 5.97 Å². The lowest BCUT2D eigenvalue weighted by molar-refractivity contribution is 0.0602. The second-order valence-corrected chi connectivity index (χ2v) is 7.56. The Morgan fingerprint density at radius 1 is 1.42 bits per heavy atom. The zero-order chi connectivity index (χ0) is 17.5. The summed E-state index contributed by atoms with van der Waals surface area (Å²) in [5.74, 6) is -0.330. The van der Waals surface area contributed by atoms with E-state index in [0.717, 1.165) is 42.2 Å². The van der Waals surface area contributed by atoms with E-state index in [0.29, 0.717) is 16.7 Å². The second-order valence-electron chi connectivity index (χ2n) is 6.02. The number of thiocarbonyl (C=S) groups is 1. The molecule has 0 aliphatic carbocycles. The summed E-state index contributed by atoms with van der Waals surface area (Å²) in [6.07, 6.45) is 4.27. The lowest BCUT2D eigenvalue weighted by atomic mass is 10.1. The van der Waals surface area contributed by atoms with Crippen molar-refractivity contribution in [2.24, 2.45) is 0 Å². The summed E-state index contributed by atoms with van der Waals surface area (Å²) in [7, 11) is 1.40. The minimum atomic E-state index is -0.330. The van der Waals surface area contributed by atoms with Crippen molar-refractivity contribution >= 4 is 39.6 Å². The normalized spacial score (nSPS) is 16.0. The quantitative estimate of drug-likeness (QED) is 0.593. The van der Waals surface area contributed by atoms with Gasteiger partial charge in [-0.25, -0.2) is 4.79 Å². The fourth-order valence-corrected chi connectivity index (χ4v) is 4.23. The number of nitrogens with zero attached hydrogens (tertiary/aromatic N) is 1. The largest absolute Gasteiger partial charge is 0.465 e. The van der Waals surface area contributed by atoms with Gasteiger partial charge in [0, 0.05) is 24.0 Å². The first-order valence-corrected chi connectivity index (χ1v) is 9.80. The molecule has 0 radical (unpaired) electrons. The van der Waals surface area contributed by atoms with Crippen LogP contribution in [-0.2, 0) is 11.2 Å². The van der Waals surface area contributed by atoms with Gasteiger partial charge < -0.3 is 20.3 Å². The van der Waals surface area contributed by atoms with Gasteiger partial charge in [-0.15, -0.1) is 11.3 Å². The molecule has 0 aromatic carbocycles. The summed E-state index contributed by atoms with van der Waals surface area (Å²) < 4.78 is 4.86. The molecule has 0 atom stereocenters. The number of hydrogen-bond donors (Lipinski definition) is 2. The van der Waals surface area contributed by atoms with Gasteiger partial charge in [0.05, 0.1) is 12.7 Å². The topological polar surface area (TPSA) is 53.6 Å². The molecule has 1 aromatic rings. The number of anilines is 1. The van der Waals surface area contributed by atoms with Crippen LogP contribution >= 0.6 is 23.6 Å². The van der Waals surface area contributed by atoms with Crippen LogP contribution in [-0.4, -0.2) is 48.8 Å². The standard InChI is InChI=1S/C17H27N3O2S2/c1-4-8-20-9-6-12(7-10-20)18-17(23)19-15-14(16(21)22-3)11-13(5-2)24-15/h11-12H,4-10H2,1-3H3,(H2,18,19,23). The molecule has 2 N–H and O–H groups in total. The van der Waals surface area contributed by atoms with Gasteiger partial charge in [0.1, 0.15) is 5.00 Å². The van der Waals surface area contributed by atoms with Crippen LogP contribution in [0.25, 0.3) is 0 Å². The van der Waals surface area contributed by atoms with Crippen molar-refractivity contribution < 1.29 is 9.53 Å². The molecule has 5 nitrogen and oxygen atoms in total. The number of esters is 1. The van der Waals surface area contributed by atoms with Gasteiger partial charge in [-0.3, -0.25) is 0 Å². The van der Waals surface area contributed by atoms with E-state index in [1.165, 1.54) is 20.1 Å². The summed E-state index contributed by atoms with van der Waals surface area (Å²) in [6, 6.07) is 2.27. The average Bonchev–Trinajstić information content (AvgIpc) is 2.99. The van der Waals surface area contributed by atoms with Gasteiger partial charge >= 0.3 is 5.97 Å². The van der Waals surface area contributed by atoms with Crippen LogP contribution < -0.4 is 10.6 Å². The Bertz CT molecular complexity index is 566. The maximum absolute atomic E-state index is 11.9. The van der Waals surface area contributed by atoms with Crippen LogP contribution in [0.4, 0.5) is 5.00 Å². The lowest BCUT2D eigenvalue weighted by Gasteiger charge is -2.32. The number of carbonyl (C=O) groups is 1. The van der Waals surface area contributed by atoms with Crippen LogP contribution in [0.1, 0.15) is 48.3 Å². The van der Waals surface area contributed by atoms with E-state index in [1.807, 2.05) is 6.07 Å². The van der Waals surface area contributed by atoms with Crippen molar-refractivity contribution in [1.29, 1.82) is 0 Å². The van der Waals surface area contributed by atoms with E-state index < -0.39 is 0 Å². The zero-order valence-electron chi connectivity index (χ0n) is 14.7. The highest BCUT2D eigenvalue weighted by atomic mass is 32.1. The number of methoxy groups -OCH3 is 1. The Balaban J connectivity index is 1.91. The molecule has 0 spiro atoms. The zero-order valence-corrected chi connectivity index (χ0v) is 16.3. The van der Waals surface area contributed by atoms with Crippen molar-refractivity contribution in [3.63, 3.8) is 0 Å². The summed E-state index contributed by atoms with van der Waals surface area (Å²) in [4.78, 5) is 15.5. The Morgan fingerprint density at radius 2 is 2.12 bits per heavy atom. The average molecular weight is 370 g/mol. The first-order valence-electron chi connectivity index (χ1n) is 8.58. The lowest BCUT2D eigenvalue weighted by Crippen LogP contribution is -2.46. The Kier molecular flexibility index (Phi) is 7.45. The van der Waals surface area contributed by atoms with Crippen LogP contribution in [0, 0.1) is 0 Å². The van der Waals surface area contributed by atoms with Crippen molar-refractivity contribution in [1.82, 2.24) is 10.2 Å². The third-order valence-corrected chi connectivity index (χ3v) is 5.64. The molecule has 0 saturated carbocycles. The molecule has 134 valence electrons. The molecule has 1 aliphatic heterocycles. The van der Waals surface area contributed by atoms with E-state index >= 15 is 0 Å². The Labute approximate surface area is 153 Å². The van der Waals surface area contributed by atoms with Crippen molar-refractivity contribution in [3.8, 4) is 0 Å². The van der Waals surface area contributed by atoms with Crippen LogP contribution in [0.3, 0.4) is 0 Å². The SMILES string of the molecule is CCCN1CCC(NC(=S)Nc2sc(CC)cc2C(=O)OC)CC1. The monoisotopic (exact) mass is 369 g/mol. The Morgan fingerprint density at radius 3 is 2.71 bits per heavy atom. The van der Waals surface area contributed by atoms with Crippen molar-refractivity contribution in [2.75, 3.05) is 32.1 Å². The van der Waals surface area contributed by atoms with E-state index in [2.05, 4.69) is 29.4 Å². The number of carbonyl (C=O) groups excluding carboxylic acids is 1. The molecule has 1 aromatic heterocycles. The minimum absolute atomic E-state index is 0.330. The second kappa shape index (κ2) is 9.34. The molecule has 7 heteroatoms. The molecule has 0 bridgehead atoms. The van der Waals surface area contributed by atoms with Gasteiger partial charge in [0.15, 0.2) is 5.11 Å². The molecule has 1 saturated heterocycles. The summed E-state index contributed by atoms with van der Waals surface area (Å²) in [5.41, 5.74) is 0.557. The van der Waals surface area contributed by atoms with Gasteiger partial charge in [-0.05, 0) is 50.5 Å². The maximum Gasteiger partial charge on any atom is 0.340 e. The van der Waals surface area contributed by atoms with Gasteiger partial charge in [-0.2, -0.15) is 0 Å². The fraction of sp³-hybridized carbons (Fsp3) is 0.647. The van der Waals surface area contributed by atoms with Crippen LogP contribution in [0.15, 0.2) is 6.07 Å². The first kappa shape index (κ1) is 19.1. The van der Waals surface area contributed by atoms with Gasteiger partial charge in [0.25, 0.3) is 0 Å². The van der Waals surface area contributed by atoms with Crippen molar-refractivity contribution in [3.05, 3.63) is 16.5 Å². The number of rotatable bonds is 6. The number of ether oxygens (including phenoxy) is 1. The molecular weight excluding hydrogens is 342 g/mol. The number of aryl methyl sites for hydroxylation is 1. The predicted octanol–water partition coefficient (Wildman–Crippen LogP) is 3.26. The molecule has 2 heterocycles. The van der Waals surface area contributed by atoms with Crippen LogP contribution in [0.5, 0.6) is 0 Å². The predicted molar refractivity (Wildman–Crippen MR) is 104 cm³/mol. The third-order valence-electron chi connectivity index (χ3n) is 4.23. The number of hydrogen-bond acceptors (Lipinski definition) is 5. The maximum atomic E-state index is 11.9. The third kappa shape index (κ3) is 5.16. The number of likely N-dealkylation sites (tertiary alicyclic amines) is 1. The highest BCUT2D eigenvalue weighted by Gasteiger charge is 2.21. The fourth-order valence-electron chi connectivity index (χ4n) is 2.91.